The molecular formula is C28H35N5O5S2. The van der Waals surface area contributed by atoms with Crippen molar-refractivity contribution < 1.29 is 22.7 Å². The van der Waals surface area contributed by atoms with Crippen molar-refractivity contribution in [3.05, 3.63) is 35.9 Å². The van der Waals surface area contributed by atoms with Gasteiger partial charge >= 0.3 is 0 Å². The first-order valence-corrected chi connectivity index (χ1v) is 16.0. The number of hydrogen-bond acceptors (Lipinski definition) is 9. The highest BCUT2D eigenvalue weighted by molar-refractivity contribution is 7.89. The van der Waals surface area contributed by atoms with Crippen LogP contribution in [0.5, 0.6) is 5.88 Å². The smallest absolute Gasteiger partial charge is 0.243 e. The third kappa shape index (κ3) is 4.95. The molecule has 1 unspecified atom stereocenters. The number of amides is 1. The lowest BCUT2D eigenvalue weighted by Crippen LogP contribution is -2.37. The van der Waals surface area contributed by atoms with Gasteiger partial charge in [-0.1, -0.05) is 11.3 Å². The van der Waals surface area contributed by atoms with Crippen molar-refractivity contribution in [3.63, 3.8) is 0 Å². The number of pyridine rings is 1. The van der Waals surface area contributed by atoms with Gasteiger partial charge in [0.1, 0.15) is 10.3 Å². The van der Waals surface area contributed by atoms with Crippen molar-refractivity contribution in [1.29, 1.82) is 0 Å². The van der Waals surface area contributed by atoms with Crippen LogP contribution in [0.4, 0.5) is 10.8 Å². The molecule has 2 aromatic heterocycles. The molecule has 0 radical (unpaired) electrons. The Balaban J connectivity index is 1.40. The van der Waals surface area contributed by atoms with Crippen molar-refractivity contribution in [2.45, 2.75) is 42.9 Å². The fourth-order valence-electron chi connectivity index (χ4n) is 5.92. The van der Waals surface area contributed by atoms with E-state index in [9.17, 15) is 13.2 Å². The number of sulfonamides is 1. The lowest BCUT2D eigenvalue weighted by atomic mass is 9.81. The van der Waals surface area contributed by atoms with Gasteiger partial charge in [0.05, 0.1) is 12.0 Å². The molecule has 1 aromatic carbocycles. The minimum absolute atomic E-state index is 0.0330. The van der Waals surface area contributed by atoms with E-state index in [0.29, 0.717) is 62.4 Å². The van der Waals surface area contributed by atoms with Crippen LogP contribution in [0.2, 0.25) is 0 Å². The van der Waals surface area contributed by atoms with Gasteiger partial charge in [-0.15, -0.1) is 0 Å². The molecule has 0 N–H and O–H groups in total. The highest BCUT2D eigenvalue weighted by Gasteiger charge is 2.49. The molecule has 1 amide bonds. The Morgan fingerprint density at radius 2 is 2.00 bits per heavy atom. The van der Waals surface area contributed by atoms with E-state index in [1.807, 2.05) is 23.1 Å². The maximum absolute atomic E-state index is 14.0. The third-order valence-electron chi connectivity index (χ3n) is 8.30. The monoisotopic (exact) mass is 585 g/mol. The fraction of sp³-hybridized carbons (Fsp3) is 0.536. The van der Waals surface area contributed by atoms with Gasteiger partial charge in [0.15, 0.2) is 5.13 Å². The molecular weight excluding hydrogens is 550 g/mol. The van der Waals surface area contributed by atoms with Gasteiger partial charge in [-0.25, -0.2) is 18.4 Å². The quantitative estimate of drug-likeness (QED) is 0.331. The molecule has 1 saturated heterocycles. The number of aromatic nitrogens is 2. The number of likely N-dealkylation sites (tertiary alicyclic amines) is 1. The van der Waals surface area contributed by atoms with Crippen LogP contribution >= 0.6 is 11.3 Å². The Morgan fingerprint density at radius 1 is 1.18 bits per heavy atom. The normalized spacial score (nSPS) is 20.7. The van der Waals surface area contributed by atoms with Gasteiger partial charge in [0.2, 0.25) is 21.8 Å². The van der Waals surface area contributed by atoms with Crippen molar-refractivity contribution in [3.8, 4) is 5.88 Å². The van der Waals surface area contributed by atoms with E-state index in [0.717, 1.165) is 46.0 Å². The first kappa shape index (κ1) is 27.4. The van der Waals surface area contributed by atoms with Crippen molar-refractivity contribution in [1.82, 2.24) is 19.2 Å². The summed E-state index contributed by atoms with van der Waals surface area (Å²) >= 11 is 1.48. The summed E-state index contributed by atoms with van der Waals surface area (Å²) in [6.07, 6.45) is 3.55. The molecule has 0 bridgehead atoms. The van der Waals surface area contributed by atoms with Crippen molar-refractivity contribution >= 4 is 48.4 Å². The summed E-state index contributed by atoms with van der Waals surface area (Å²) < 4.78 is 40.1. The predicted molar refractivity (Wildman–Crippen MR) is 154 cm³/mol. The molecule has 10 nitrogen and oxygen atoms in total. The topological polar surface area (TPSA) is 105 Å². The molecule has 214 valence electrons. The Kier molecular flexibility index (Phi) is 7.22. The van der Waals surface area contributed by atoms with Gasteiger partial charge < -0.3 is 19.3 Å². The van der Waals surface area contributed by atoms with Gasteiger partial charge in [-0.05, 0) is 61.4 Å². The van der Waals surface area contributed by atoms with E-state index in [1.54, 1.807) is 37.6 Å². The first-order valence-electron chi connectivity index (χ1n) is 13.7. The zero-order valence-corrected chi connectivity index (χ0v) is 24.8. The van der Waals surface area contributed by atoms with E-state index in [4.69, 9.17) is 14.5 Å². The number of thiazole rings is 1. The maximum atomic E-state index is 14.0. The summed E-state index contributed by atoms with van der Waals surface area (Å²) in [5.74, 6) is 0.995. The average molecular weight is 586 g/mol. The van der Waals surface area contributed by atoms with E-state index >= 15 is 0 Å². The number of ether oxygens (including phenoxy) is 2. The highest BCUT2D eigenvalue weighted by atomic mass is 32.2. The molecule has 2 aliphatic heterocycles. The number of methoxy groups -OCH3 is 2. The Hall–Kier alpha value is -2.80. The largest absolute Gasteiger partial charge is 0.481 e. The van der Waals surface area contributed by atoms with E-state index in [-0.39, 0.29) is 11.3 Å². The summed E-state index contributed by atoms with van der Waals surface area (Å²) in [5.41, 5.74) is 2.30. The molecule has 40 heavy (non-hydrogen) atoms. The standard InChI is InChI=1S/C28H35N5O5S2/c1-19(34)31-13-11-28(17-31)18-33(27-29-23-8-10-25(38-3)30-26(23)39-27)24-9-7-21(15-22(24)28)40(35,36)32(12-4-14-37-2)16-20-5-6-20/h7-10,15,20H,4-6,11-14,16-18H2,1-3H3. The van der Waals surface area contributed by atoms with Crippen LogP contribution in [0.1, 0.15) is 38.2 Å². The Morgan fingerprint density at radius 3 is 2.70 bits per heavy atom. The number of rotatable bonds is 10. The van der Waals surface area contributed by atoms with Gasteiger partial charge in [0, 0.05) is 70.5 Å². The Bertz CT molecular complexity index is 1540. The highest BCUT2D eigenvalue weighted by Crippen LogP contribution is 2.51. The van der Waals surface area contributed by atoms with E-state index in [1.165, 1.54) is 11.3 Å². The number of carbonyl (C=O) groups excluding carboxylic acids is 1. The number of nitrogens with zero attached hydrogens (tertiary/aromatic N) is 5. The molecule has 6 rings (SSSR count). The second kappa shape index (κ2) is 10.6. The predicted octanol–water partition coefficient (Wildman–Crippen LogP) is 3.78. The van der Waals surface area contributed by atoms with Crippen LogP contribution in [0, 0.1) is 5.92 Å². The molecule has 3 aromatic rings. The summed E-state index contributed by atoms with van der Waals surface area (Å²) in [7, 11) is -0.479. The van der Waals surface area contributed by atoms with Crippen LogP contribution in [-0.4, -0.2) is 87.0 Å². The van der Waals surface area contributed by atoms with Crippen molar-refractivity contribution in [2.24, 2.45) is 5.92 Å². The van der Waals surface area contributed by atoms with Crippen LogP contribution in [0.25, 0.3) is 10.3 Å². The first-order chi connectivity index (χ1) is 19.2. The molecule has 2 fully saturated rings. The number of anilines is 2. The summed E-state index contributed by atoms with van der Waals surface area (Å²) in [6.45, 7) is 4.89. The van der Waals surface area contributed by atoms with Gasteiger partial charge in [-0.2, -0.15) is 4.31 Å². The number of carbonyl (C=O) groups is 1. The molecule has 12 heteroatoms. The van der Waals surface area contributed by atoms with Crippen LogP contribution in [0.15, 0.2) is 35.2 Å². The number of hydrogen-bond donors (Lipinski definition) is 0. The van der Waals surface area contributed by atoms with E-state index < -0.39 is 10.0 Å². The third-order valence-corrected chi connectivity index (χ3v) is 11.2. The van der Waals surface area contributed by atoms with Crippen LogP contribution in [0.3, 0.4) is 0 Å². The minimum atomic E-state index is -3.70. The summed E-state index contributed by atoms with van der Waals surface area (Å²) in [5, 5.41) is 0.792. The second-order valence-electron chi connectivity index (χ2n) is 11.1. The minimum Gasteiger partial charge on any atom is -0.481 e. The fourth-order valence-corrected chi connectivity index (χ4v) is 8.45. The lowest BCUT2D eigenvalue weighted by molar-refractivity contribution is -0.127. The van der Waals surface area contributed by atoms with E-state index in [2.05, 4.69) is 9.88 Å². The van der Waals surface area contributed by atoms with Gasteiger partial charge in [0.25, 0.3) is 0 Å². The summed E-state index contributed by atoms with van der Waals surface area (Å²) in [4.78, 5) is 26.9. The molecule has 1 aliphatic carbocycles. The molecule has 1 saturated carbocycles. The number of benzene rings is 1. The average Bonchev–Trinajstić information content (AvgIpc) is 3.37. The van der Waals surface area contributed by atoms with Crippen LogP contribution < -0.4 is 9.64 Å². The maximum Gasteiger partial charge on any atom is 0.243 e. The zero-order chi connectivity index (χ0) is 28.1. The van der Waals surface area contributed by atoms with Gasteiger partial charge in [-0.3, -0.25) is 4.79 Å². The summed E-state index contributed by atoms with van der Waals surface area (Å²) in [6, 6.07) is 9.19. The Labute approximate surface area is 239 Å². The molecule has 4 heterocycles. The van der Waals surface area contributed by atoms with Crippen LogP contribution in [-0.2, 0) is 25.0 Å². The molecule has 1 atom stereocenters. The molecule has 3 aliphatic rings. The number of fused-ring (bicyclic) bond motifs is 3. The zero-order valence-electron chi connectivity index (χ0n) is 23.1. The SMILES string of the molecule is COCCCN(CC1CC1)S(=O)(=O)c1ccc2c(c1)C1(CCN(C(C)=O)C1)CN2c1nc2ccc(OC)nc2s1. The molecule has 1 spiro atoms. The second-order valence-corrected chi connectivity index (χ2v) is 14.0. The lowest BCUT2D eigenvalue weighted by Gasteiger charge is -2.26. The van der Waals surface area contributed by atoms with Crippen molar-refractivity contribution in [2.75, 3.05) is 58.5 Å².